The number of nitrogens with two attached hydrogens (primary N) is 1. The highest BCUT2D eigenvalue weighted by Crippen LogP contribution is 2.32. The van der Waals surface area contributed by atoms with Crippen LogP contribution in [-0.4, -0.2) is 64.7 Å². The van der Waals surface area contributed by atoms with Gasteiger partial charge in [0.25, 0.3) is 5.91 Å². The summed E-state index contributed by atoms with van der Waals surface area (Å²) in [6.07, 6.45) is 5.31. The molecule has 170 valence electrons. The second kappa shape index (κ2) is 9.53. The number of carbonyl (C=O) groups is 1. The Morgan fingerprint density at radius 3 is 2.88 bits per heavy atom. The van der Waals surface area contributed by atoms with E-state index in [-0.39, 0.29) is 5.91 Å². The zero-order chi connectivity index (χ0) is 23.4. The van der Waals surface area contributed by atoms with E-state index in [4.69, 9.17) is 10.5 Å². The average molecular weight is 447 g/mol. The molecule has 0 saturated carbocycles. The molecule has 3 heterocycles. The number of benzene rings is 1. The summed E-state index contributed by atoms with van der Waals surface area (Å²) in [6.45, 7) is 1.24. The molecule has 0 saturated heterocycles. The predicted octanol–water partition coefficient (Wildman–Crippen LogP) is 2.42. The first-order chi connectivity index (χ1) is 16.0. The summed E-state index contributed by atoms with van der Waals surface area (Å²) in [7, 11) is 5.41. The second-order valence-electron chi connectivity index (χ2n) is 7.68. The number of hydrogen-bond donors (Lipinski definition) is 3. The largest absolute Gasteiger partial charge is 0.495 e. The average Bonchev–Trinajstić information content (AvgIpc) is 3.23. The number of nitrogens with zero attached hydrogens (tertiary/aromatic N) is 5. The van der Waals surface area contributed by atoms with Crippen LogP contribution in [0, 0.1) is 0 Å². The molecule has 3 aromatic heterocycles. The van der Waals surface area contributed by atoms with Crippen LogP contribution >= 0.6 is 0 Å². The summed E-state index contributed by atoms with van der Waals surface area (Å²) >= 11 is 0. The molecule has 1 aromatic carbocycles. The molecule has 0 bridgehead atoms. The zero-order valence-corrected chi connectivity index (χ0v) is 18.7. The molecule has 10 heteroatoms. The summed E-state index contributed by atoms with van der Waals surface area (Å²) in [5.74, 6) is 0.557. The molecular formula is C23H26N8O2. The molecule has 0 radical (unpaired) electrons. The number of carbonyl (C=O) groups excluding carboxylic acids is 1. The highest BCUT2D eigenvalue weighted by Gasteiger charge is 2.16. The van der Waals surface area contributed by atoms with Crippen LogP contribution in [0.4, 0.5) is 17.3 Å². The molecule has 10 nitrogen and oxygen atoms in total. The van der Waals surface area contributed by atoms with E-state index in [9.17, 15) is 4.79 Å². The number of pyridine rings is 1. The number of anilines is 3. The van der Waals surface area contributed by atoms with Gasteiger partial charge in [0.15, 0.2) is 0 Å². The number of ether oxygens (including phenoxy) is 1. The van der Waals surface area contributed by atoms with Crippen molar-refractivity contribution in [1.82, 2.24) is 29.8 Å². The van der Waals surface area contributed by atoms with Gasteiger partial charge in [-0.15, -0.1) is 0 Å². The molecular weight excluding hydrogens is 420 g/mol. The van der Waals surface area contributed by atoms with Crippen molar-refractivity contribution in [2.75, 3.05) is 45.3 Å². The van der Waals surface area contributed by atoms with Crippen molar-refractivity contribution < 1.29 is 9.53 Å². The fraction of sp³-hybridized carbons (Fsp3) is 0.217. The molecule has 1 amide bonds. The van der Waals surface area contributed by atoms with Crippen molar-refractivity contribution >= 4 is 28.7 Å². The van der Waals surface area contributed by atoms with Gasteiger partial charge in [-0.1, -0.05) is 6.07 Å². The molecule has 0 aliphatic carbocycles. The summed E-state index contributed by atoms with van der Waals surface area (Å²) in [4.78, 5) is 23.5. The summed E-state index contributed by atoms with van der Waals surface area (Å²) < 4.78 is 7.28. The number of amides is 1. The van der Waals surface area contributed by atoms with E-state index in [1.165, 1.54) is 7.11 Å². The van der Waals surface area contributed by atoms with E-state index >= 15 is 0 Å². The Bertz CT molecular complexity index is 1280. The molecule has 0 aliphatic heterocycles. The van der Waals surface area contributed by atoms with Crippen molar-refractivity contribution in [2.24, 2.45) is 0 Å². The molecule has 33 heavy (non-hydrogen) atoms. The van der Waals surface area contributed by atoms with Crippen LogP contribution in [0.2, 0.25) is 0 Å². The lowest BCUT2D eigenvalue weighted by Gasteiger charge is -2.15. The maximum atomic E-state index is 12.5. The summed E-state index contributed by atoms with van der Waals surface area (Å²) in [5.41, 5.74) is 9.94. The van der Waals surface area contributed by atoms with E-state index in [1.807, 2.05) is 49.5 Å². The Kier molecular flexibility index (Phi) is 6.36. The Balaban J connectivity index is 1.58. The number of likely N-dealkylation sites (N-methyl/N-ethyl adjacent to an activating group) is 1. The second-order valence-corrected chi connectivity index (χ2v) is 7.68. The van der Waals surface area contributed by atoms with Crippen molar-refractivity contribution in [3.8, 4) is 17.0 Å². The topological polar surface area (TPSA) is 123 Å². The monoisotopic (exact) mass is 446 g/mol. The fourth-order valence-electron chi connectivity index (χ4n) is 3.37. The minimum atomic E-state index is -0.259. The highest BCUT2D eigenvalue weighted by molar-refractivity contribution is 6.00. The molecule has 4 N–H and O–H groups in total. The minimum Gasteiger partial charge on any atom is -0.495 e. The molecule has 0 spiro atoms. The van der Waals surface area contributed by atoms with Crippen LogP contribution in [0.5, 0.6) is 5.75 Å². The van der Waals surface area contributed by atoms with Gasteiger partial charge in [-0.05, 0) is 44.4 Å². The third-order valence-electron chi connectivity index (χ3n) is 5.07. The molecule has 4 rings (SSSR count). The van der Waals surface area contributed by atoms with Crippen LogP contribution in [0.25, 0.3) is 16.8 Å². The fourth-order valence-corrected chi connectivity index (χ4v) is 3.37. The normalized spacial score (nSPS) is 11.0. The van der Waals surface area contributed by atoms with E-state index in [0.717, 1.165) is 23.3 Å². The van der Waals surface area contributed by atoms with Gasteiger partial charge in [0.2, 0.25) is 5.95 Å². The van der Waals surface area contributed by atoms with E-state index in [2.05, 4.69) is 25.7 Å². The van der Waals surface area contributed by atoms with Gasteiger partial charge >= 0.3 is 0 Å². The van der Waals surface area contributed by atoms with E-state index < -0.39 is 0 Å². The maximum Gasteiger partial charge on any atom is 0.253 e. The first-order valence-electron chi connectivity index (χ1n) is 10.4. The third-order valence-corrected chi connectivity index (χ3v) is 5.07. The number of nitrogen functional groups attached to an aromatic ring is 1. The standard InChI is InChI=1S/C23H26N8O2/c1-30(2)11-9-25-22(32)15-12-21(33-3)19(13-17(15)24)29-23-26-8-7-18(28-23)16-14-27-31-10-5-4-6-20(16)31/h4-8,10,12-14H,9,11,24H2,1-3H3,(H,25,32)(H,26,28,29). The Morgan fingerprint density at radius 1 is 1.24 bits per heavy atom. The molecule has 0 atom stereocenters. The van der Waals surface area contributed by atoms with Gasteiger partial charge in [-0.2, -0.15) is 5.10 Å². The van der Waals surface area contributed by atoms with Crippen LogP contribution in [0.1, 0.15) is 10.4 Å². The summed E-state index contributed by atoms with van der Waals surface area (Å²) in [5, 5.41) is 10.4. The van der Waals surface area contributed by atoms with Gasteiger partial charge in [-0.3, -0.25) is 4.79 Å². The van der Waals surface area contributed by atoms with Crippen LogP contribution in [-0.2, 0) is 0 Å². The maximum absolute atomic E-state index is 12.5. The van der Waals surface area contributed by atoms with Gasteiger partial charge in [-0.25, -0.2) is 14.5 Å². The molecule has 0 unspecified atom stereocenters. The quantitative estimate of drug-likeness (QED) is 0.353. The van der Waals surface area contributed by atoms with Gasteiger partial charge in [0.05, 0.1) is 35.8 Å². The number of hydrogen-bond acceptors (Lipinski definition) is 8. The van der Waals surface area contributed by atoms with Crippen molar-refractivity contribution in [1.29, 1.82) is 0 Å². The number of aromatic nitrogens is 4. The first-order valence-corrected chi connectivity index (χ1v) is 10.4. The lowest BCUT2D eigenvalue weighted by Crippen LogP contribution is -2.31. The molecule has 4 aromatic rings. The minimum absolute atomic E-state index is 0.259. The number of rotatable bonds is 8. The van der Waals surface area contributed by atoms with Crippen molar-refractivity contribution in [3.05, 3.63) is 60.6 Å². The number of methoxy groups -OCH3 is 1. The van der Waals surface area contributed by atoms with E-state index in [1.54, 1.807) is 29.0 Å². The van der Waals surface area contributed by atoms with E-state index in [0.29, 0.717) is 35.2 Å². The first kappa shape index (κ1) is 22.0. The Hall–Kier alpha value is -4.18. The smallest absolute Gasteiger partial charge is 0.253 e. The SMILES string of the molecule is COc1cc(C(=O)NCCN(C)C)c(N)cc1Nc1nccc(-c2cnn3ccccc23)n1. The van der Waals surface area contributed by atoms with Crippen molar-refractivity contribution in [2.45, 2.75) is 0 Å². The zero-order valence-electron chi connectivity index (χ0n) is 18.7. The predicted molar refractivity (Wildman–Crippen MR) is 128 cm³/mol. The lowest BCUT2D eigenvalue weighted by molar-refractivity contribution is 0.0951. The molecule has 0 fully saturated rings. The van der Waals surface area contributed by atoms with Gasteiger partial charge in [0, 0.05) is 36.7 Å². The van der Waals surface area contributed by atoms with Crippen molar-refractivity contribution in [3.63, 3.8) is 0 Å². The number of fused-ring (bicyclic) bond motifs is 1. The third kappa shape index (κ3) is 4.85. The molecule has 0 aliphatic rings. The van der Waals surface area contributed by atoms with Gasteiger partial charge in [0.1, 0.15) is 5.75 Å². The lowest BCUT2D eigenvalue weighted by atomic mass is 10.1. The van der Waals surface area contributed by atoms with Crippen LogP contribution in [0.3, 0.4) is 0 Å². The number of nitrogens with one attached hydrogen (secondary N) is 2. The highest BCUT2D eigenvalue weighted by atomic mass is 16.5. The Morgan fingerprint density at radius 2 is 2.09 bits per heavy atom. The van der Waals surface area contributed by atoms with Gasteiger partial charge < -0.3 is 26.0 Å². The Labute approximate surface area is 191 Å². The van der Waals surface area contributed by atoms with Crippen LogP contribution < -0.4 is 21.1 Å². The van der Waals surface area contributed by atoms with Crippen LogP contribution in [0.15, 0.2) is 55.0 Å². The summed E-state index contributed by atoms with van der Waals surface area (Å²) in [6, 6.07) is 10.9.